The van der Waals surface area contributed by atoms with Crippen molar-refractivity contribution in [1.82, 2.24) is 14.8 Å². The van der Waals surface area contributed by atoms with Crippen LogP contribution in [-0.2, 0) is 0 Å². The summed E-state index contributed by atoms with van der Waals surface area (Å²) in [6, 6.07) is 11.1. The van der Waals surface area contributed by atoms with Gasteiger partial charge in [0.05, 0.1) is 23.0 Å². The number of ketones is 1. The normalized spacial score (nSPS) is 15.6. The quantitative estimate of drug-likeness (QED) is 0.673. The lowest BCUT2D eigenvalue weighted by atomic mass is 10.2. The van der Waals surface area contributed by atoms with Crippen LogP contribution in [0.25, 0.3) is 10.2 Å². The zero-order valence-corrected chi connectivity index (χ0v) is 14.4. The van der Waals surface area contributed by atoms with Gasteiger partial charge < -0.3 is 9.32 Å². The molecule has 6 nitrogen and oxygen atoms in total. The molecule has 1 saturated heterocycles. The molecule has 128 valence electrons. The largest absolute Gasteiger partial charge is 0.461 e. The SMILES string of the molecule is O=C(CN1CCN(C(=O)c2nc3ccccc3s2)CC1)c1ccco1. The molecule has 0 N–H and O–H groups in total. The number of rotatable bonds is 4. The molecule has 0 aliphatic carbocycles. The van der Waals surface area contributed by atoms with Crippen molar-refractivity contribution >= 4 is 33.2 Å². The fourth-order valence-electron chi connectivity index (χ4n) is 2.93. The van der Waals surface area contributed by atoms with E-state index in [1.165, 1.54) is 17.6 Å². The van der Waals surface area contributed by atoms with E-state index in [0.717, 1.165) is 10.2 Å². The van der Waals surface area contributed by atoms with Gasteiger partial charge in [-0.2, -0.15) is 0 Å². The Labute approximate surface area is 148 Å². The number of hydrogen-bond acceptors (Lipinski definition) is 6. The molecule has 1 aliphatic rings. The molecule has 0 atom stereocenters. The first-order valence-corrected chi connectivity index (χ1v) is 8.96. The number of thiazole rings is 1. The molecule has 7 heteroatoms. The fourth-order valence-corrected chi connectivity index (χ4v) is 3.86. The maximum atomic E-state index is 12.7. The Hall–Kier alpha value is -2.51. The number of fused-ring (bicyclic) bond motifs is 1. The number of para-hydroxylation sites is 1. The van der Waals surface area contributed by atoms with Crippen LogP contribution in [0.15, 0.2) is 47.1 Å². The Balaban J connectivity index is 1.36. The van der Waals surface area contributed by atoms with Gasteiger partial charge in [-0.15, -0.1) is 11.3 Å². The minimum atomic E-state index is -0.0315. The first-order valence-electron chi connectivity index (χ1n) is 8.14. The molecule has 0 unspecified atom stereocenters. The third-order valence-corrected chi connectivity index (χ3v) is 5.32. The van der Waals surface area contributed by atoms with Crippen LogP contribution in [0.3, 0.4) is 0 Å². The van der Waals surface area contributed by atoms with Crippen LogP contribution in [0.4, 0.5) is 0 Å². The molecule has 0 spiro atoms. The highest BCUT2D eigenvalue weighted by molar-refractivity contribution is 7.20. The van der Waals surface area contributed by atoms with E-state index in [0.29, 0.717) is 43.5 Å². The lowest BCUT2D eigenvalue weighted by molar-refractivity contribution is 0.0620. The second-order valence-electron chi connectivity index (χ2n) is 5.96. The Morgan fingerprint density at radius 1 is 1.08 bits per heavy atom. The predicted molar refractivity (Wildman–Crippen MR) is 95.0 cm³/mol. The number of amides is 1. The minimum absolute atomic E-state index is 0.0294. The summed E-state index contributed by atoms with van der Waals surface area (Å²) >= 11 is 1.43. The van der Waals surface area contributed by atoms with Crippen molar-refractivity contribution in [3.63, 3.8) is 0 Å². The Kier molecular flexibility index (Phi) is 4.33. The molecule has 1 fully saturated rings. The van der Waals surface area contributed by atoms with Gasteiger partial charge in [0.1, 0.15) is 0 Å². The first kappa shape index (κ1) is 16.0. The van der Waals surface area contributed by atoms with Crippen LogP contribution >= 0.6 is 11.3 Å². The average Bonchev–Trinajstić information content (AvgIpc) is 3.31. The molecule has 1 aliphatic heterocycles. The highest BCUT2D eigenvalue weighted by Gasteiger charge is 2.25. The average molecular weight is 355 g/mol. The van der Waals surface area contributed by atoms with Crippen molar-refractivity contribution in [2.75, 3.05) is 32.7 Å². The highest BCUT2D eigenvalue weighted by Crippen LogP contribution is 2.23. The molecule has 4 rings (SSSR count). The smallest absolute Gasteiger partial charge is 0.282 e. The first-order chi connectivity index (χ1) is 12.2. The molecular formula is C18H17N3O3S. The van der Waals surface area contributed by atoms with Crippen molar-refractivity contribution in [3.05, 3.63) is 53.4 Å². The van der Waals surface area contributed by atoms with Gasteiger partial charge in [0.2, 0.25) is 5.78 Å². The number of benzene rings is 1. The van der Waals surface area contributed by atoms with Gasteiger partial charge in [-0.3, -0.25) is 14.5 Å². The maximum Gasteiger partial charge on any atom is 0.282 e. The van der Waals surface area contributed by atoms with E-state index in [4.69, 9.17) is 4.42 Å². The fraction of sp³-hybridized carbons (Fsp3) is 0.278. The summed E-state index contributed by atoms with van der Waals surface area (Å²) < 4.78 is 6.16. The van der Waals surface area contributed by atoms with Gasteiger partial charge in [0.15, 0.2) is 10.8 Å². The van der Waals surface area contributed by atoms with E-state index in [2.05, 4.69) is 4.98 Å². The van der Waals surface area contributed by atoms with Crippen LogP contribution in [0.2, 0.25) is 0 Å². The van der Waals surface area contributed by atoms with Crippen LogP contribution in [0.5, 0.6) is 0 Å². The lowest BCUT2D eigenvalue weighted by Gasteiger charge is -2.33. The Morgan fingerprint density at radius 3 is 2.60 bits per heavy atom. The van der Waals surface area contributed by atoms with Crippen LogP contribution < -0.4 is 0 Å². The number of furan rings is 1. The monoisotopic (exact) mass is 355 g/mol. The highest BCUT2D eigenvalue weighted by atomic mass is 32.1. The number of nitrogens with zero attached hydrogens (tertiary/aromatic N) is 3. The van der Waals surface area contributed by atoms with Crippen molar-refractivity contribution in [3.8, 4) is 0 Å². The van der Waals surface area contributed by atoms with Gasteiger partial charge in [0, 0.05) is 26.2 Å². The van der Waals surface area contributed by atoms with Crippen molar-refractivity contribution in [1.29, 1.82) is 0 Å². The molecule has 3 aromatic rings. The number of piperazine rings is 1. The van der Waals surface area contributed by atoms with Gasteiger partial charge in [-0.25, -0.2) is 4.98 Å². The number of carbonyl (C=O) groups is 2. The third-order valence-electron chi connectivity index (χ3n) is 4.30. The maximum absolute atomic E-state index is 12.7. The number of hydrogen-bond donors (Lipinski definition) is 0. The second kappa shape index (κ2) is 6.78. The molecule has 0 radical (unpaired) electrons. The zero-order valence-electron chi connectivity index (χ0n) is 13.6. The molecule has 0 saturated carbocycles. The lowest BCUT2D eigenvalue weighted by Crippen LogP contribution is -2.49. The van der Waals surface area contributed by atoms with Gasteiger partial charge in [-0.1, -0.05) is 12.1 Å². The summed E-state index contributed by atoms with van der Waals surface area (Å²) in [5.74, 6) is 0.321. The standard InChI is InChI=1S/C18H17N3O3S/c22-14(15-5-3-11-24-15)12-20-7-9-21(10-8-20)18(23)17-19-13-4-1-2-6-16(13)25-17/h1-6,11H,7-10,12H2. The summed E-state index contributed by atoms with van der Waals surface area (Å²) in [7, 11) is 0. The Morgan fingerprint density at radius 2 is 1.88 bits per heavy atom. The van der Waals surface area contributed by atoms with Gasteiger partial charge in [-0.05, 0) is 24.3 Å². The van der Waals surface area contributed by atoms with E-state index in [1.54, 1.807) is 12.1 Å². The van der Waals surface area contributed by atoms with Crippen LogP contribution in [0.1, 0.15) is 20.4 Å². The molecule has 25 heavy (non-hydrogen) atoms. The van der Waals surface area contributed by atoms with Crippen LogP contribution in [0, 0.1) is 0 Å². The molecule has 3 heterocycles. The summed E-state index contributed by atoms with van der Waals surface area (Å²) in [6.07, 6.45) is 1.50. The zero-order chi connectivity index (χ0) is 17.2. The second-order valence-corrected chi connectivity index (χ2v) is 6.99. The Bertz CT molecular complexity index is 862. The molecule has 2 aromatic heterocycles. The van der Waals surface area contributed by atoms with E-state index >= 15 is 0 Å². The third kappa shape index (κ3) is 3.33. The number of Topliss-reactive ketones (excluding diaryl/α,β-unsaturated/α-hetero) is 1. The molecule has 1 amide bonds. The van der Waals surface area contributed by atoms with E-state index in [9.17, 15) is 9.59 Å². The number of aromatic nitrogens is 1. The minimum Gasteiger partial charge on any atom is -0.461 e. The summed E-state index contributed by atoms with van der Waals surface area (Å²) in [6.45, 7) is 2.85. The summed E-state index contributed by atoms with van der Waals surface area (Å²) in [5, 5.41) is 0.529. The predicted octanol–water partition coefficient (Wildman–Crippen LogP) is 2.53. The number of carbonyl (C=O) groups excluding carboxylic acids is 2. The molecular weight excluding hydrogens is 338 g/mol. The van der Waals surface area contributed by atoms with E-state index < -0.39 is 0 Å². The van der Waals surface area contributed by atoms with Crippen molar-refractivity contribution in [2.24, 2.45) is 0 Å². The van der Waals surface area contributed by atoms with E-state index in [-0.39, 0.29) is 11.7 Å². The van der Waals surface area contributed by atoms with Crippen molar-refractivity contribution < 1.29 is 14.0 Å². The van der Waals surface area contributed by atoms with E-state index in [1.807, 2.05) is 34.1 Å². The van der Waals surface area contributed by atoms with Crippen molar-refractivity contribution in [2.45, 2.75) is 0 Å². The summed E-state index contributed by atoms with van der Waals surface area (Å²) in [4.78, 5) is 33.0. The topological polar surface area (TPSA) is 66.7 Å². The molecule has 0 bridgehead atoms. The van der Waals surface area contributed by atoms with Gasteiger partial charge >= 0.3 is 0 Å². The van der Waals surface area contributed by atoms with Gasteiger partial charge in [0.25, 0.3) is 5.91 Å². The molecule has 1 aromatic carbocycles. The van der Waals surface area contributed by atoms with Crippen LogP contribution in [-0.4, -0.2) is 59.2 Å². The summed E-state index contributed by atoms with van der Waals surface area (Å²) in [5.41, 5.74) is 0.860.